The third-order valence-corrected chi connectivity index (χ3v) is 2.54. The summed E-state index contributed by atoms with van der Waals surface area (Å²) in [7, 11) is 1.74. The number of ether oxygens (including phenoxy) is 1. The molecule has 0 aliphatic carbocycles. The zero-order chi connectivity index (χ0) is 8.65. The standard InChI is InChI=1S/C10H14OS/c1-11-7-8-12-9-10-5-3-2-4-6-10/h2-6H,7-9H2,1H3. The van der Waals surface area contributed by atoms with Crippen LogP contribution in [-0.4, -0.2) is 19.5 Å². The van der Waals surface area contributed by atoms with E-state index in [2.05, 4.69) is 24.3 Å². The molecular formula is C10H14OS. The number of methoxy groups -OCH3 is 1. The highest BCUT2D eigenvalue weighted by Gasteiger charge is 1.90. The molecule has 1 aromatic rings. The van der Waals surface area contributed by atoms with Gasteiger partial charge in [-0.3, -0.25) is 0 Å². The van der Waals surface area contributed by atoms with Crippen LogP contribution in [0.2, 0.25) is 0 Å². The molecule has 0 radical (unpaired) electrons. The fourth-order valence-corrected chi connectivity index (χ4v) is 1.76. The SMILES string of the molecule is COCCSCc1ccccc1. The van der Waals surface area contributed by atoms with E-state index in [9.17, 15) is 0 Å². The van der Waals surface area contributed by atoms with Gasteiger partial charge in [0, 0.05) is 18.6 Å². The van der Waals surface area contributed by atoms with Gasteiger partial charge in [0.15, 0.2) is 0 Å². The summed E-state index contributed by atoms with van der Waals surface area (Å²) in [4.78, 5) is 0. The van der Waals surface area contributed by atoms with Crippen molar-refractivity contribution in [1.82, 2.24) is 0 Å². The van der Waals surface area contributed by atoms with Crippen LogP contribution in [0.3, 0.4) is 0 Å². The topological polar surface area (TPSA) is 9.23 Å². The quantitative estimate of drug-likeness (QED) is 0.647. The van der Waals surface area contributed by atoms with Crippen molar-refractivity contribution in [3.63, 3.8) is 0 Å². The third kappa shape index (κ3) is 3.79. The molecule has 0 fully saturated rings. The molecule has 2 heteroatoms. The number of rotatable bonds is 5. The molecule has 1 aromatic carbocycles. The Bertz CT molecular complexity index is 198. The second kappa shape index (κ2) is 6.09. The van der Waals surface area contributed by atoms with E-state index in [1.165, 1.54) is 5.56 Å². The van der Waals surface area contributed by atoms with Crippen LogP contribution in [-0.2, 0) is 10.5 Å². The third-order valence-electron chi connectivity index (χ3n) is 1.54. The highest BCUT2D eigenvalue weighted by atomic mass is 32.2. The molecule has 0 bridgehead atoms. The summed E-state index contributed by atoms with van der Waals surface area (Å²) < 4.78 is 4.96. The van der Waals surface area contributed by atoms with Crippen molar-refractivity contribution < 1.29 is 4.74 Å². The lowest BCUT2D eigenvalue weighted by Gasteiger charge is -2.00. The summed E-state index contributed by atoms with van der Waals surface area (Å²) in [6.45, 7) is 0.845. The lowest BCUT2D eigenvalue weighted by molar-refractivity contribution is 0.218. The van der Waals surface area contributed by atoms with Gasteiger partial charge in [-0.25, -0.2) is 0 Å². The number of thioether (sulfide) groups is 1. The molecule has 1 rings (SSSR count). The van der Waals surface area contributed by atoms with Crippen molar-refractivity contribution in [2.24, 2.45) is 0 Å². The first-order valence-electron chi connectivity index (χ1n) is 4.04. The average Bonchev–Trinajstić information content (AvgIpc) is 2.14. The smallest absolute Gasteiger partial charge is 0.0553 e. The van der Waals surface area contributed by atoms with E-state index < -0.39 is 0 Å². The maximum Gasteiger partial charge on any atom is 0.0553 e. The van der Waals surface area contributed by atoms with Crippen molar-refractivity contribution in [2.75, 3.05) is 19.5 Å². The van der Waals surface area contributed by atoms with E-state index in [0.29, 0.717) is 0 Å². The van der Waals surface area contributed by atoms with Gasteiger partial charge in [-0.05, 0) is 5.56 Å². The van der Waals surface area contributed by atoms with Crippen LogP contribution >= 0.6 is 11.8 Å². The molecule has 0 N–H and O–H groups in total. The average molecular weight is 182 g/mol. The van der Waals surface area contributed by atoms with Crippen LogP contribution in [0.1, 0.15) is 5.56 Å². The van der Waals surface area contributed by atoms with Gasteiger partial charge in [0.2, 0.25) is 0 Å². The minimum absolute atomic E-state index is 0.845. The summed E-state index contributed by atoms with van der Waals surface area (Å²) in [5.41, 5.74) is 1.39. The van der Waals surface area contributed by atoms with Crippen LogP contribution in [0.15, 0.2) is 30.3 Å². The molecule has 66 valence electrons. The fourth-order valence-electron chi connectivity index (χ4n) is 0.907. The zero-order valence-corrected chi connectivity index (χ0v) is 8.14. The first kappa shape index (κ1) is 9.62. The van der Waals surface area contributed by atoms with Crippen LogP contribution in [0.25, 0.3) is 0 Å². The molecule has 0 aromatic heterocycles. The largest absolute Gasteiger partial charge is 0.384 e. The molecule has 0 aliphatic rings. The van der Waals surface area contributed by atoms with Gasteiger partial charge in [-0.15, -0.1) is 0 Å². The lowest BCUT2D eigenvalue weighted by Crippen LogP contribution is -1.91. The lowest BCUT2D eigenvalue weighted by atomic mass is 10.2. The molecule has 0 saturated carbocycles. The van der Waals surface area contributed by atoms with E-state index in [0.717, 1.165) is 18.1 Å². The normalized spacial score (nSPS) is 10.1. The van der Waals surface area contributed by atoms with Crippen molar-refractivity contribution in [1.29, 1.82) is 0 Å². The van der Waals surface area contributed by atoms with E-state index in [1.54, 1.807) is 7.11 Å². The Balaban J connectivity index is 2.16. The number of hydrogen-bond acceptors (Lipinski definition) is 2. The van der Waals surface area contributed by atoms with Gasteiger partial charge in [-0.1, -0.05) is 30.3 Å². The summed E-state index contributed by atoms with van der Waals surface area (Å²) in [6.07, 6.45) is 0. The number of benzene rings is 1. The molecular weight excluding hydrogens is 168 g/mol. The Morgan fingerprint density at radius 1 is 1.25 bits per heavy atom. The van der Waals surface area contributed by atoms with E-state index in [4.69, 9.17) is 4.74 Å². The van der Waals surface area contributed by atoms with E-state index in [1.807, 2.05) is 17.8 Å². The van der Waals surface area contributed by atoms with Crippen molar-refractivity contribution in [3.8, 4) is 0 Å². The number of hydrogen-bond donors (Lipinski definition) is 0. The molecule has 0 unspecified atom stereocenters. The Hall–Kier alpha value is -0.470. The van der Waals surface area contributed by atoms with E-state index in [-0.39, 0.29) is 0 Å². The van der Waals surface area contributed by atoms with Gasteiger partial charge in [0.05, 0.1) is 6.61 Å². The van der Waals surface area contributed by atoms with Gasteiger partial charge in [-0.2, -0.15) is 11.8 Å². The molecule has 0 saturated heterocycles. The first-order valence-corrected chi connectivity index (χ1v) is 5.19. The molecule has 0 aliphatic heterocycles. The molecule has 12 heavy (non-hydrogen) atoms. The molecule has 0 atom stereocenters. The summed E-state index contributed by atoms with van der Waals surface area (Å²) in [5.74, 6) is 2.16. The molecule has 0 amide bonds. The first-order chi connectivity index (χ1) is 5.93. The Kier molecular flexibility index (Phi) is 4.88. The monoisotopic (exact) mass is 182 g/mol. The molecule has 0 heterocycles. The maximum absolute atomic E-state index is 4.96. The molecule has 0 spiro atoms. The minimum Gasteiger partial charge on any atom is -0.384 e. The predicted molar refractivity (Wildman–Crippen MR) is 54.5 cm³/mol. The Morgan fingerprint density at radius 3 is 2.67 bits per heavy atom. The highest BCUT2D eigenvalue weighted by molar-refractivity contribution is 7.98. The van der Waals surface area contributed by atoms with Crippen LogP contribution in [0.5, 0.6) is 0 Å². The van der Waals surface area contributed by atoms with Crippen LogP contribution < -0.4 is 0 Å². The van der Waals surface area contributed by atoms with Gasteiger partial charge >= 0.3 is 0 Å². The van der Waals surface area contributed by atoms with Gasteiger partial charge < -0.3 is 4.74 Å². The Labute approximate surface area is 78.1 Å². The molecule has 1 nitrogen and oxygen atoms in total. The zero-order valence-electron chi connectivity index (χ0n) is 7.32. The van der Waals surface area contributed by atoms with Crippen molar-refractivity contribution >= 4 is 11.8 Å². The van der Waals surface area contributed by atoms with Crippen molar-refractivity contribution in [2.45, 2.75) is 5.75 Å². The van der Waals surface area contributed by atoms with E-state index >= 15 is 0 Å². The van der Waals surface area contributed by atoms with Gasteiger partial charge in [0.25, 0.3) is 0 Å². The van der Waals surface area contributed by atoms with Crippen LogP contribution in [0, 0.1) is 0 Å². The summed E-state index contributed by atoms with van der Waals surface area (Å²) in [6, 6.07) is 10.5. The Morgan fingerprint density at radius 2 is 2.00 bits per heavy atom. The second-order valence-electron chi connectivity index (χ2n) is 2.53. The maximum atomic E-state index is 4.96. The fraction of sp³-hybridized carbons (Fsp3) is 0.400. The summed E-state index contributed by atoms with van der Waals surface area (Å²) in [5, 5.41) is 0. The van der Waals surface area contributed by atoms with Gasteiger partial charge in [0.1, 0.15) is 0 Å². The van der Waals surface area contributed by atoms with Crippen LogP contribution in [0.4, 0.5) is 0 Å². The summed E-state index contributed by atoms with van der Waals surface area (Å²) >= 11 is 1.91. The highest BCUT2D eigenvalue weighted by Crippen LogP contribution is 2.10. The predicted octanol–water partition coefficient (Wildman–Crippen LogP) is 2.57. The van der Waals surface area contributed by atoms with Crippen molar-refractivity contribution in [3.05, 3.63) is 35.9 Å². The minimum atomic E-state index is 0.845. The second-order valence-corrected chi connectivity index (χ2v) is 3.64.